The van der Waals surface area contributed by atoms with Gasteiger partial charge < -0.3 is 5.73 Å². The number of rotatable bonds is 1. The normalized spacial score (nSPS) is 15.5. The van der Waals surface area contributed by atoms with Gasteiger partial charge in [-0.3, -0.25) is 9.59 Å². The Morgan fingerprint density at radius 2 is 1.50 bits per heavy atom. The van der Waals surface area contributed by atoms with Crippen LogP contribution in [-0.4, -0.2) is 9.36 Å². The summed E-state index contributed by atoms with van der Waals surface area (Å²) >= 11 is 0. The molecule has 3 aromatic rings. The molecule has 7 nitrogen and oxygen atoms in total. The van der Waals surface area contributed by atoms with E-state index in [9.17, 15) is 14.9 Å². The molecule has 0 spiro atoms. The van der Waals surface area contributed by atoms with Gasteiger partial charge in [-0.15, -0.1) is 0 Å². The molecule has 1 atom stereocenters. The van der Waals surface area contributed by atoms with Crippen LogP contribution in [0.4, 0.5) is 0 Å². The molecular formula is C19H11N5O2. The maximum absolute atomic E-state index is 13.0. The molecule has 0 saturated carbocycles. The summed E-state index contributed by atoms with van der Waals surface area (Å²) in [5.41, 5.74) is 6.34. The predicted molar refractivity (Wildman–Crippen MR) is 94.8 cm³/mol. The average molecular weight is 341 g/mol. The Labute approximate surface area is 147 Å². The van der Waals surface area contributed by atoms with E-state index >= 15 is 0 Å². The van der Waals surface area contributed by atoms with Gasteiger partial charge in [-0.25, -0.2) is 4.68 Å². The molecule has 2 heterocycles. The van der Waals surface area contributed by atoms with Crippen LogP contribution in [0.1, 0.15) is 17.2 Å². The van der Waals surface area contributed by atoms with Crippen LogP contribution in [0.15, 0.2) is 63.7 Å². The van der Waals surface area contributed by atoms with E-state index in [0.717, 1.165) is 4.68 Å². The molecule has 4 rings (SSSR count). The molecule has 1 aromatic heterocycles. The molecule has 1 unspecified atom stereocenters. The lowest BCUT2D eigenvalue weighted by molar-refractivity contribution is 0.539. The molecule has 0 bridgehead atoms. The smallest absolute Gasteiger partial charge is 0.279 e. The Morgan fingerprint density at radius 1 is 0.885 bits per heavy atom. The fourth-order valence-corrected chi connectivity index (χ4v) is 3.28. The topological polar surface area (TPSA) is 118 Å². The first-order valence-electron chi connectivity index (χ1n) is 7.75. The second-order valence-electron chi connectivity index (χ2n) is 5.86. The minimum Gasteiger partial charge on any atom is -0.383 e. The second kappa shape index (κ2) is 5.47. The maximum atomic E-state index is 13.0. The molecule has 0 amide bonds. The van der Waals surface area contributed by atoms with E-state index in [0.29, 0.717) is 11.1 Å². The molecule has 124 valence electrons. The lowest BCUT2D eigenvalue weighted by Crippen LogP contribution is -2.38. The molecule has 2 aromatic carbocycles. The van der Waals surface area contributed by atoms with E-state index in [1.807, 2.05) is 12.1 Å². The van der Waals surface area contributed by atoms with Crippen molar-refractivity contribution in [2.45, 2.75) is 6.04 Å². The van der Waals surface area contributed by atoms with Crippen molar-refractivity contribution in [1.82, 2.24) is 9.36 Å². The zero-order valence-electron chi connectivity index (χ0n) is 13.4. The Kier molecular flexibility index (Phi) is 3.25. The number of nitriles is 2. The van der Waals surface area contributed by atoms with E-state index in [4.69, 9.17) is 11.0 Å². The highest BCUT2D eigenvalue weighted by Crippen LogP contribution is 2.32. The van der Waals surface area contributed by atoms with Gasteiger partial charge in [-0.2, -0.15) is 15.2 Å². The number of allylic oxidation sites excluding steroid dienone is 1. The van der Waals surface area contributed by atoms with Crippen molar-refractivity contribution in [2.24, 2.45) is 5.73 Å². The van der Waals surface area contributed by atoms with Crippen LogP contribution in [0.25, 0.3) is 16.6 Å². The van der Waals surface area contributed by atoms with Crippen LogP contribution >= 0.6 is 0 Å². The van der Waals surface area contributed by atoms with Gasteiger partial charge in [0.05, 0.1) is 22.4 Å². The first kappa shape index (κ1) is 15.4. The minimum absolute atomic E-state index is 0.0605. The zero-order chi connectivity index (χ0) is 18.4. The highest BCUT2D eigenvalue weighted by molar-refractivity contribution is 5.81. The zero-order valence-corrected chi connectivity index (χ0v) is 13.4. The number of benzene rings is 2. The molecule has 26 heavy (non-hydrogen) atoms. The fraction of sp³-hybridized carbons (Fsp3) is 0.0526. The molecule has 1 aliphatic rings. The summed E-state index contributed by atoms with van der Waals surface area (Å²) in [5.74, 6) is -0.0605. The second-order valence-corrected chi connectivity index (χ2v) is 5.86. The molecular weight excluding hydrogens is 330 g/mol. The van der Waals surface area contributed by atoms with Gasteiger partial charge >= 0.3 is 0 Å². The summed E-state index contributed by atoms with van der Waals surface area (Å²) < 4.78 is 2.27. The van der Waals surface area contributed by atoms with Gasteiger partial charge in [0.25, 0.3) is 11.1 Å². The van der Waals surface area contributed by atoms with Gasteiger partial charge in [0.1, 0.15) is 23.5 Å². The summed E-state index contributed by atoms with van der Waals surface area (Å²) in [5, 5.41) is 19.1. The van der Waals surface area contributed by atoms with Crippen LogP contribution in [0.3, 0.4) is 0 Å². The third-order valence-electron chi connectivity index (χ3n) is 4.50. The van der Waals surface area contributed by atoms with Crippen LogP contribution in [0.5, 0.6) is 0 Å². The van der Waals surface area contributed by atoms with E-state index in [-0.39, 0.29) is 22.2 Å². The predicted octanol–water partition coefficient (Wildman–Crippen LogP) is 1.29. The van der Waals surface area contributed by atoms with Gasteiger partial charge in [0.15, 0.2) is 0 Å². The van der Waals surface area contributed by atoms with Crippen molar-refractivity contribution in [3.05, 3.63) is 85.9 Å². The number of nitrogens with two attached hydrogens (primary N) is 1. The van der Waals surface area contributed by atoms with E-state index in [2.05, 4.69) is 0 Å². The molecule has 0 radical (unpaired) electrons. The van der Waals surface area contributed by atoms with Gasteiger partial charge in [-0.1, -0.05) is 24.3 Å². The molecule has 0 saturated heterocycles. The molecule has 0 aliphatic carbocycles. The number of aromatic nitrogens is 2. The average Bonchev–Trinajstić information content (AvgIpc) is 2.99. The van der Waals surface area contributed by atoms with Crippen LogP contribution in [-0.2, 0) is 0 Å². The first-order chi connectivity index (χ1) is 12.6. The van der Waals surface area contributed by atoms with Gasteiger partial charge in [-0.05, 0) is 29.8 Å². The standard InChI is InChI=1S/C19H11N5O2/c20-9-11-5-7-12(8-6-11)16-15(10-21)17(22)24-19(26)14-4-2-1-3-13(14)18(25)23(16)24/h1-8,16H,22H2. The molecule has 0 fully saturated rings. The Morgan fingerprint density at radius 3 is 2.08 bits per heavy atom. The van der Waals surface area contributed by atoms with Crippen molar-refractivity contribution in [1.29, 1.82) is 10.5 Å². The van der Waals surface area contributed by atoms with Crippen LogP contribution in [0.2, 0.25) is 0 Å². The first-order valence-corrected chi connectivity index (χ1v) is 7.75. The van der Waals surface area contributed by atoms with Crippen molar-refractivity contribution >= 4 is 16.6 Å². The lowest BCUT2D eigenvalue weighted by Gasteiger charge is -2.16. The van der Waals surface area contributed by atoms with Crippen molar-refractivity contribution < 1.29 is 0 Å². The summed E-state index contributed by atoms with van der Waals surface area (Å²) in [6.07, 6.45) is 0. The van der Waals surface area contributed by atoms with E-state index in [1.54, 1.807) is 48.5 Å². The van der Waals surface area contributed by atoms with Crippen LogP contribution < -0.4 is 16.9 Å². The van der Waals surface area contributed by atoms with Gasteiger partial charge in [0, 0.05) is 0 Å². The molecule has 1 aliphatic heterocycles. The summed E-state index contributed by atoms with van der Waals surface area (Å²) in [6.45, 7) is 0. The monoisotopic (exact) mass is 341 g/mol. The van der Waals surface area contributed by atoms with Gasteiger partial charge in [0.2, 0.25) is 0 Å². The number of nitrogens with zero attached hydrogens (tertiary/aromatic N) is 4. The third kappa shape index (κ3) is 1.92. The Hall–Kier alpha value is -4.10. The van der Waals surface area contributed by atoms with E-state index in [1.165, 1.54) is 4.68 Å². The fourth-order valence-electron chi connectivity index (χ4n) is 3.28. The van der Waals surface area contributed by atoms with Crippen molar-refractivity contribution in [2.75, 3.05) is 0 Å². The Balaban J connectivity index is 2.11. The quantitative estimate of drug-likeness (QED) is 0.715. The number of hydrogen-bond donors (Lipinski definition) is 1. The Bertz CT molecular complexity index is 1300. The minimum atomic E-state index is -0.822. The summed E-state index contributed by atoms with van der Waals surface area (Å²) in [4.78, 5) is 25.9. The molecule has 7 heteroatoms. The number of hydrogen-bond acceptors (Lipinski definition) is 5. The third-order valence-corrected chi connectivity index (χ3v) is 4.50. The van der Waals surface area contributed by atoms with E-state index < -0.39 is 17.2 Å². The maximum Gasteiger partial charge on any atom is 0.279 e. The number of fused-ring (bicyclic) bond motifs is 2. The highest BCUT2D eigenvalue weighted by Gasteiger charge is 2.34. The van der Waals surface area contributed by atoms with Crippen molar-refractivity contribution in [3.8, 4) is 12.1 Å². The summed E-state index contributed by atoms with van der Waals surface area (Å²) in [7, 11) is 0. The highest BCUT2D eigenvalue weighted by atomic mass is 16.2. The summed E-state index contributed by atoms with van der Waals surface area (Å²) in [6, 6.07) is 16.2. The van der Waals surface area contributed by atoms with Crippen molar-refractivity contribution in [3.63, 3.8) is 0 Å². The largest absolute Gasteiger partial charge is 0.383 e. The SMILES string of the molecule is N#CC1=C(N)n2c(=O)c3ccccc3c(=O)n2C1c1ccc(C#N)cc1. The van der Waals surface area contributed by atoms with Crippen LogP contribution in [0, 0.1) is 22.7 Å². The lowest BCUT2D eigenvalue weighted by atomic mass is 9.99. The molecule has 2 N–H and O–H groups in total.